The summed E-state index contributed by atoms with van der Waals surface area (Å²) in [5.41, 5.74) is 7.11. The van der Waals surface area contributed by atoms with E-state index in [0.717, 1.165) is 31.7 Å². The molecule has 0 amide bonds. The molecule has 146 valence electrons. The Kier molecular flexibility index (Phi) is 3.73. The molecule has 0 unspecified atom stereocenters. The third-order valence-corrected chi connectivity index (χ3v) is 6.67. The average Bonchev–Trinajstić information content (AvgIpc) is 3.22. The Morgan fingerprint density at radius 2 is 1.69 bits per heavy atom. The van der Waals surface area contributed by atoms with Crippen LogP contribution in [-0.4, -0.2) is 35.8 Å². The third kappa shape index (κ3) is 2.60. The highest BCUT2D eigenvalue weighted by molar-refractivity contribution is 5.93. The Hall–Kier alpha value is -2.82. The molecule has 1 fully saturated rings. The number of fused-ring (bicyclic) bond motifs is 5. The van der Waals surface area contributed by atoms with E-state index in [9.17, 15) is 0 Å². The molecule has 6 rings (SSSR count). The lowest BCUT2D eigenvalue weighted by Gasteiger charge is -2.51. The lowest BCUT2D eigenvalue weighted by atomic mass is 9.93. The number of para-hydroxylation sites is 1. The van der Waals surface area contributed by atoms with Crippen LogP contribution in [0.4, 0.5) is 0 Å². The van der Waals surface area contributed by atoms with E-state index in [4.69, 9.17) is 4.74 Å². The fraction of sp³-hybridized carbons (Fsp3) is 0.280. The number of piperidine rings is 1. The Morgan fingerprint density at radius 1 is 0.931 bits per heavy atom. The summed E-state index contributed by atoms with van der Waals surface area (Å²) < 4.78 is 6.70. The van der Waals surface area contributed by atoms with Gasteiger partial charge in [0.05, 0.1) is 11.7 Å². The molecule has 3 aromatic rings. The van der Waals surface area contributed by atoms with Gasteiger partial charge in [-0.05, 0) is 30.0 Å². The van der Waals surface area contributed by atoms with E-state index in [1.54, 1.807) is 0 Å². The van der Waals surface area contributed by atoms with Crippen LogP contribution < -0.4 is 10.2 Å². The molecule has 0 aliphatic carbocycles. The molecule has 1 N–H and O–H groups in total. The largest absolute Gasteiger partial charge is 0.470 e. The van der Waals surface area contributed by atoms with Crippen molar-refractivity contribution in [3.63, 3.8) is 0 Å². The van der Waals surface area contributed by atoms with Crippen molar-refractivity contribution in [2.75, 3.05) is 20.1 Å². The molecule has 0 bridgehead atoms. The fourth-order valence-corrected chi connectivity index (χ4v) is 5.05. The highest BCUT2D eigenvalue weighted by Gasteiger charge is 2.51. The van der Waals surface area contributed by atoms with Gasteiger partial charge in [-0.25, -0.2) is 0 Å². The molecule has 0 aromatic heterocycles. The molecular formula is C25H25N3O. The summed E-state index contributed by atoms with van der Waals surface area (Å²) in [7, 11) is 2.19. The van der Waals surface area contributed by atoms with Gasteiger partial charge >= 0.3 is 0 Å². The first-order valence-corrected chi connectivity index (χ1v) is 10.5. The van der Waals surface area contributed by atoms with E-state index in [-0.39, 0.29) is 11.8 Å². The summed E-state index contributed by atoms with van der Waals surface area (Å²) in [5.74, 6) is 1.02. The number of rotatable bonds is 1. The van der Waals surface area contributed by atoms with Crippen LogP contribution in [0.2, 0.25) is 0 Å². The molecule has 3 aliphatic rings. The van der Waals surface area contributed by atoms with Crippen LogP contribution in [0, 0.1) is 0 Å². The number of hydrogen-bond acceptors (Lipinski definition) is 4. The molecule has 1 atom stereocenters. The van der Waals surface area contributed by atoms with Gasteiger partial charge in [0.2, 0.25) is 0 Å². The Bertz CT molecular complexity index is 1110. The third-order valence-electron chi connectivity index (χ3n) is 6.67. The zero-order valence-corrected chi connectivity index (χ0v) is 16.6. The predicted molar refractivity (Wildman–Crippen MR) is 116 cm³/mol. The van der Waals surface area contributed by atoms with E-state index >= 15 is 0 Å². The summed E-state index contributed by atoms with van der Waals surface area (Å²) in [5, 5.41) is 4.92. The fourth-order valence-electron chi connectivity index (χ4n) is 5.05. The molecule has 29 heavy (non-hydrogen) atoms. The van der Waals surface area contributed by atoms with Gasteiger partial charge in [-0.2, -0.15) is 5.01 Å². The Morgan fingerprint density at radius 3 is 2.59 bits per heavy atom. The van der Waals surface area contributed by atoms with Crippen molar-refractivity contribution in [3.8, 4) is 5.75 Å². The van der Waals surface area contributed by atoms with Crippen molar-refractivity contribution in [2.24, 2.45) is 0 Å². The first-order chi connectivity index (χ1) is 14.2. The van der Waals surface area contributed by atoms with E-state index in [0.29, 0.717) is 0 Å². The number of benzene rings is 3. The quantitative estimate of drug-likeness (QED) is 0.667. The Balaban J connectivity index is 1.47. The van der Waals surface area contributed by atoms with E-state index in [2.05, 4.69) is 95.2 Å². The second-order valence-electron chi connectivity index (χ2n) is 8.42. The highest BCUT2D eigenvalue weighted by atomic mass is 16.5. The lowest BCUT2D eigenvalue weighted by molar-refractivity contribution is -0.157. The molecule has 4 heteroatoms. The van der Waals surface area contributed by atoms with Crippen LogP contribution in [0.1, 0.15) is 30.0 Å². The van der Waals surface area contributed by atoms with Crippen LogP contribution in [0.25, 0.3) is 16.5 Å². The maximum atomic E-state index is 6.70. The Labute approximate surface area is 171 Å². The standard InChI is InChI=1S/C25H25N3O/c1-27-15-13-25(14-16-27)28-23(21-10-4-5-12-24(21)29-25)17-22(26-28)20-11-6-8-18-7-2-3-9-19(18)20/h2-12,17,23,26H,13-16H2,1H3/t23-/m0/s1. The second kappa shape index (κ2) is 6.34. The van der Waals surface area contributed by atoms with E-state index in [1.807, 2.05) is 0 Å². The second-order valence-corrected chi connectivity index (χ2v) is 8.42. The number of nitrogens with zero attached hydrogens (tertiary/aromatic N) is 2. The van der Waals surface area contributed by atoms with Crippen LogP contribution in [0.3, 0.4) is 0 Å². The molecule has 3 heterocycles. The maximum absolute atomic E-state index is 6.70. The van der Waals surface area contributed by atoms with Crippen molar-refractivity contribution in [1.82, 2.24) is 15.3 Å². The van der Waals surface area contributed by atoms with Gasteiger partial charge in [0, 0.05) is 37.1 Å². The van der Waals surface area contributed by atoms with Gasteiger partial charge in [0.15, 0.2) is 5.72 Å². The first kappa shape index (κ1) is 17.1. The first-order valence-electron chi connectivity index (χ1n) is 10.5. The van der Waals surface area contributed by atoms with Crippen molar-refractivity contribution < 1.29 is 4.74 Å². The molecule has 1 spiro atoms. The average molecular weight is 383 g/mol. The zero-order chi connectivity index (χ0) is 19.4. The highest BCUT2D eigenvalue weighted by Crippen LogP contribution is 2.48. The lowest BCUT2D eigenvalue weighted by Crippen LogP contribution is -2.63. The SMILES string of the molecule is CN1CCC2(CC1)Oc1ccccc1[C@@H]1C=C(c3cccc4ccccc34)NN12. The summed E-state index contributed by atoms with van der Waals surface area (Å²) in [6, 6.07) is 23.8. The summed E-state index contributed by atoms with van der Waals surface area (Å²) in [6.45, 7) is 2.08. The van der Waals surface area contributed by atoms with Crippen LogP contribution in [-0.2, 0) is 0 Å². The van der Waals surface area contributed by atoms with Gasteiger partial charge in [0.1, 0.15) is 5.75 Å². The van der Waals surface area contributed by atoms with Crippen LogP contribution in [0.15, 0.2) is 72.8 Å². The molecule has 3 aliphatic heterocycles. The number of hydrogen-bond donors (Lipinski definition) is 1. The number of nitrogens with one attached hydrogen (secondary N) is 1. The number of likely N-dealkylation sites (tertiary alicyclic amines) is 1. The molecule has 3 aromatic carbocycles. The predicted octanol–water partition coefficient (Wildman–Crippen LogP) is 4.56. The van der Waals surface area contributed by atoms with Gasteiger partial charge in [-0.1, -0.05) is 60.7 Å². The number of hydrazine groups is 1. The van der Waals surface area contributed by atoms with Gasteiger partial charge in [-0.15, -0.1) is 0 Å². The topological polar surface area (TPSA) is 27.7 Å². The number of ether oxygens (including phenoxy) is 1. The molecule has 0 radical (unpaired) electrons. The molecule has 0 saturated carbocycles. The maximum Gasteiger partial charge on any atom is 0.182 e. The summed E-state index contributed by atoms with van der Waals surface area (Å²) in [4.78, 5) is 2.39. The van der Waals surface area contributed by atoms with Crippen LogP contribution >= 0.6 is 0 Å². The smallest absolute Gasteiger partial charge is 0.182 e. The van der Waals surface area contributed by atoms with Crippen molar-refractivity contribution >= 4 is 16.5 Å². The normalized spacial score (nSPS) is 23.2. The van der Waals surface area contributed by atoms with Crippen LogP contribution in [0.5, 0.6) is 5.75 Å². The van der Waals surface area contributed by atoms with Crippen molar-refractivity contribution in [1.29, 1.82) is 0 Å². The molecular weight excluding hydrogens is 358 g/mol. The zero-order valence-electron chi connectivity index (χ0n) is 16.6. The van der Waals surface area contributed by atoms with Crippen molar-refractivity contribution in [3.05, 3.63) is 83.9 Å². The minimum Gasteiger partial charge on any atom is -0.470 e. The molecule has 4 nitrogen and oxygen atoms in total. The van der Waals surface area contributed by atoms with E-state index < -0.39 is 0 Å². The van der Waals surface area contributed by atoms with Gasteiger partial charge in [0.25, 0.3) is 0 Å². The van der Waals surface area contributed by atoms with Crippen molar-refractivity contribution in [2.45, 2.75) is 24.6 Å². The van der Waals surface area contributed by atoms with Gasteiger partial charge in [-0.3, -0.25) is 0 Å². The van der Waals surface area contributed by atoms with E-state index in [1.165, 1.54) is 27.6 Å². The monoisotopic (exact) mass is 383 g/mol. The summed E-state index contributed by atoms with van der Waals surface area (Å²) >= 11 is 0. The summed E-state index contributed by atoms with van der Waals surface area (Å²) in [6.07, 6.45) is 4.35. The minimum atomic E-state index is -0.311. The van der Waals surface area contributed by atoms with Gasteiger partial charge < -0.3 is 15.1 Å². The minimum absolute atomic E-state index is 0.178. The molecule has 1 saturated heterocycles.